The van der Waals surface area contributed by atoms with E-state index in [4.69, 9.17) is 26.2 Å². The van der Waals surface area contributed by atoms with Gasteiger partial charge in [-0.15, -0.1) is 0 Å². The molecule has 0 amide bonds. The number of carbonyl (C=O) groups is 1. The molecule has 0 saturated heterocycles. The Bertz CT molecular complexity index is 802. The second-order valence-corrected chi connectivity index (χ2v) is 6.73. The Kier molecular flexibility index (Phi) is 3.85. The van der Waals surface area contributed by atoms with Gasteiger partial charge in [0.05, 0.1) is 13.0 Å². The zero-order chi connectivity index (χ0) is 16.7. The first-order chi connectivity index (χ1) is 11.6. The molecule has 124 valence electrons. The number of carboxylic acids is 1. The second kappa shape index (κ2) is 6.02. The molecule has 1 N–H and O–H groups in total. The summed E-state index contributed by atoms with van der Waals surface area (Å²) in [5.74, 6) is 0.587. The van der Waals surface area contributed by atoms with Gasteiger partial charge in [0.25, 0.3) is 0 Å². The zero-order valence-corrected chi connectivity index (χ0v) is 13.8. The van der Waals surface area contributed by atoms with Crippen LogP contribution in [0.2, 0.25) is 5.02 Å². The predicted molar refractivity (Wildman–Crippen MR) is 90.1 cm³/mol. The predicted octanol–water partition coefficient (Wildman–Crippen LogP) is 4.36. The van der Waals surface area contributed by atoms with Crippen LogP contribution in [0.5, 0.6) is 11.5 Å². The number of aryl methyl sites for hydroxylation is 1. The van der Waals surface area contributed by atoms with E-state index in [1.807, 2.05) is 36.4 Å². The molecule has 1 aliphatic heterocycles. The molecule has 0 fully saturated rings. The highest BCUT2D eigenvalue weighted by Gasteiger charge is 2.28. The Labute approximate surface area is 145 Å². The van der Waals surface area contributed by atoms with Gasteiger partial charge >= 0.3 is 5.97 Å². The van der Waals surface area contributed by atoms with Crippen LogP contribution in [0.1, 0.15) is 41.6 Å². The van der Waals surface area contributed by atoms with E-state index in [0.29, 0.717) is 6.61 Å². The lowest BCUT2D eigenvalue weighted by Crippen LogP contribution is -2.07. The van der Waals surface area contributed by atoms with Crippen molar-refractivity contribution < 1.29 is 19.4 Å². The molecule has 2 aromatic rings. The smallest absolute Gasteiger partial charge is 0.304 e. The first-order valence-electron chi connectivity index (χ1n) is 8.03. The fourth-order valence-corrected chi connectivity index (χ4v) is 3.74. The molecular weight excluding hydrogens is 328 g/mol. The molecule has 0 bridgehead atoms. The monoisotopic (exact) mass is 344 g/mol. The molecule has 5 heteroatoms. The maximum atomic E-state index is 10.9. The molecule has 0 aromatic heterocycles. The molecule has 2 aliphatic rings. The van der Waals surface area contributed by atoms with Gasteiger partial charge in [0.2, 0.25) is 0 Å². The molecule has 4 nitrogen and oxygen atoms in total. The fraction of sp³-hybridized carbons (Fsp3) is 0.316. The molecule has 0 spiro atoms. The first kappa shape index (κ1) is 15.3. The molecule has 2 atom stereocenters. The Balaban J connectivity index is 1.53. The fourth-order valence-electron chi connectivity index (χ4n) is 3.54. The van der Waals surface area contributed by atoms with Crippen molar-refractivity contribution in [3.8, 4) is 11.5 Å². The van der Waals surface area contributed by atoms with Crippen molar-refractivity contribution >= 4 is 17.6 Å². The summed E-state index contributed by atoms with van der Waals surface area (Å²) in [6, 6.07) is 11.6. The minimum Gasteiger partial charge on any atom is -0.492 e. The van der Waals surface area contributed by atoms with Crippen molar-refractivity contribution in [3.05, 3.63) is 58.1 Å². The number of hydrogen-bond acceptors (Lipinski definition) is 3. The highest BCUT2D eigenvalue weighted by Crippen LogP contribution is 2.41. The number of halogens is 1. The van der Waals surface area contributed by atoms with Crippen LogP contribution in [-0.2, 0) is 11.2 Å². The Morgan fingerprint density at radius 1 is 1.25 bits per heavy atom. The third-order valence-corrected chi connectivity index (χ3v) is 4.93. The van der Waals surface area contributed by atoms with Crippen molar-refractivity contribution in [2.45, 2.75) is 31.3 Å². The normalized spacial score (nSPS) is 21.0. The highest BCUT2D eigenvalue weighted by atomic mass is 35.5. The van der Waals surface area contributed by atoms with E-state index in [1.165, 1.54) is 11.1 Å². The number of ether oxygens (including phenoxy) is 2. The summed E-state index contributed by atoms with van der Waals surface area (Å²) >= 11 is 6.05. The van der Waals surface area contributed by atoms with E-state index < -0.39 is 5.97 Å². The van der Waals surface area contributed by atoms with Crippen LogP contribution in [0.3, 0.4) is 0 Å². The van der Waals surface area contributed by atoms with Crippen molar-refractivity contribution in [2.24, 2.45) is 0 Å². The van der Waals surface area contributed by atoms with Gasteiger partial charge in [-0.25, -0.2) is 0 Å². The number of benzene rings is 2. The highest BCUT2D eigenvalue weighted by molar-refractivity contribution is 6.30. The average Bonchev–Trinajstić information content (AvgIpc) is 3.11. The maximum absolute atomic E-state index is 10.9. The van der Waals surface area contributed by atoms with E-state index in [2.05, 4.69) is 0 Å². The minimum atomic E-state index is -0.807. The lowest BCUT2D eigenvalue weighted by Gasteiger charge is -2.16. The summed E-state index contributed by atoms with van der Waals surface area (Å²) < 4.78 is 11.8. The lowest BCUT2D eigenvalue weighted by molar-refractivity contribution is -0.137. The Hall–Kier alpha value is -2.20. The van der Waals surface area contributed by atoms with Gasteiger partial charge in [-0.1, -0.05) is 23.7 Å². The molecule has 1 aliphatic carbocycles. The summed E-state index contributed by atoms with van der Waals surface area (Å²) in [6.45, 7) is 0.413. The number of fused-ring (bicyclic) bond motifs is 2. The largest absolute Gasteiger partial charge is 0.492 e. The molecular formula is C19H17ClO4. The van der Waals surface area contributed by atoms with Crippen LogP contribution >= 0.6 is 11.6 Å². The van der Waals surface area contributed by atoms with Crippen LogP contribution < -0.4 is 9.47 Å². The van der Waals surface area contributed by atoms with Crippen molar-refractivity contribution in [3.63, 3.8) is 0 Å². The summed E-state index contributed by atoms with van der Waals surface area (Å²) in [5.41, 5.74) is 3.37. The maximum Gasteiger partial charge on any atom is 0.304 e. The quantitative estimate of drug-likeness (QED) is 0.895. The average molecular weight is 345 g/mol. The van der Waals surface area contributed by atoms with Gasteiger partial charge in [-0.2, -0.15) is 0 Å². The summed E-state index contributed by atoms with van der Waals surface area (Å²) in [6.07, 6.45) is 1.99. The molecule has 4 rings (SSSR count). The Morgan fingerprint density at radius 2 is 2.08 bits per heavy atom. The Morgan fingerprint density at radius 3 is 2.92 bits per heavy atom. The van der Waals surface area contributed by atoms with Crippen LogP contribution in [-0.4, -0.2) is 17.7 Å². The second-order valence-electron chi connectivity index (χ2n) is 6.29. The van der Waals surface area contributed by atoms with Gasteiger partial charge in [-0.3, -0.25) is 4.79 Å². The van der Waals surface area contributed by atoms with Crippen LogP contribution in [0, 0.1) is 0 Å². The SMILES string of the molecule is O=C(O)CC1COc2cc(OC3CCc4cc(Cl)ccc43)ccc21. The van der Waals surface area contributed by atoms with Gasteiger partial charge in [0.1, 0.15) is 17.6 Å². The van der Waals surface area contributed by atoms with E-state index in [9.17, 15) is 4.79 Å². The van der Waals surface area contributed by atoms with Crippen molar-refractivity contribution in [1.29, 1.82) is 0 Å². The summed E-state index contributed by atoms with van der Waals surface area (Å²) in [5, 5.41) is 9.72. The van der Waals surface area contributed by atoms with E-state index >= 15 is 0 Å². The molecule has 2 aromatic carbocycles. The summed E-state index contributed by atoms with van der Waals surface area (Å²) in [7, 11) is 0. The van der Waals surface area contributed by atoms with Gasteiger partial charge in [0, 0.05) is 22.6 Å². The van der Waals surface area contributed by atoms with Crippen molar-refractivity contribution in [2.75, 3.05) is 6.61 Å². The number of rotatable bonds is 4. The van der Waals surface area contributed by atoms with Gasteiger partial charge < -0.3 is 14.6 Å². The van der Waals surface area contributed by atoms with Crippen LogP contribution in [0.15, 0.2) is 36.4 Å². The van der Waals surface area contributed by atoms with Crippen LogP contribution in [0.25, 0.3) is 0 Å². The molecule has 24 heavy (non-hydrogen) atoms. The van der Waals surface area contributed by atoms with E-state index in [1.54, 1.807) is 0 Å². The van der Waals surface area contributed by atoms with Crippen molar-refractivity contribution in [1.82, 2.24) is 0 Å². The molecule has 1 heterocycles. The molecule has 0 radical (unpaired) electrons. The van der Waals surface area contributed by atoms with E-state index in [-0.39, 0.29) is 18.4 Å². The zero-order valence-electron chi connectivity index (χ0n) is 13.0. The minimum absolute atomic E-state index is 0.0199. The van der Waals surface area contributed by atoms with Crippen LogP contribution in [0.4, 0.5) is 0 Å². The van der Waals surface area contributed by atoms with Gasteiger partial charge in [0.15, 0.2) is 0 Å². The number of carboxylic acid groups (broad SMARTS) is 1. The van der Waals surface area contributed by atoms with E-state index in [0.717, 1.165) is 34.9 Å². The number of aliphatic carboxylic acids is 1. The first-order valence-corrected chi connectivity index (χ1v) is 8.41. The van der Waals surface area contributed by atoms with Gasteiger partial charge in [-0.05, 0) is 42.2 Å². The lowest BCUT2D eigenvalue weighted by atomic mass is 9.98. The number of hydrogen-bond donors (Lipinski definition) is 1. The molecule has 2 unspecified atom stereocenters. The topological polar surface area (TPSA) is 55.8 Å². The third kappa shape index (κ3) is 2.82. The molecule has 0 saturated carbocycles. The third-order valence-electron chi connectivity index (χ3n) is 4.69. The summed E-state index contributed by atoms with van der Waals surface area (Å²) in [4.78, 5) is 10.9. The standard InChI is InChI=1S/C19H17ClO4/c20-13-2-4-15-11(7-13)1-6-17(15)24-14-3-5-16-12(8-19(21)22)10-23-18(16)9-14/h2-5,7,9,12,17H,1,6,8,10H2,(H,21,22).